The summed E-state index contributed by atoms with van der Waals surface area (Å²) in [6, 6.07) is 5.88. The molecule has 0 amide bonds. The lowest BCUT2D eigenvalue weighted by molar-refractivity contribution is 0.339. The average molecular weight is 241 g/mol. The summed E-state index contributed by atoms with van der Waals surface area (Å²) in [5, 5.41) is 0. The van der Waals surface area contributed by atoms with E-state index in [0.717, 1.165) is 22.0 Å². The predicted octanol–water partition coefficient (Wildman–Crippen LogP) is 2.83. The van der Waals surface area contributed by atoms with Gasteiger partial charge < -0.3 is 10.5 Å². The first-order chi connectivity index (χ1) is 7.20. The fourth-order valence-corrected chi connectivity index (χ4v) is 2.42. The normalized spacial score (nSPS) is 10.0. The first-order valence-corrected chi connectivity index (χ1v) is 6.28. The summed E-state index contributed by atoms with van der Waals surface area (Å²) < 4.78 is 5.50. The van der Waals surface area contributed by atoms with E-state index in [-0.39, 0.29) is 0 Å². The van der Waals surface area contributed by atoms with E-state index in [1.165, 1.54) is 0 Å². The Bertz CT molecular complexity index is 328. The molecule has 1 aromatic carbocycles. The highest BCUT2D eigenvalue weighted by molar-refractivity contribution is 7.99. The maximum atomic E-state index is 5.71. The summed E-state index contributed by atoms with van der Waals surface area (Å²) >= 11 is 6.77. The van der Waals surface area contributed by atoms with Gasteiger partial charge in [-0.05, 0) is 24.8 Å². The fourth-order valence-electron chi connectivity index (χ4n) is 1.31. The van der Waals surface area contributed by atoms with Crippen molar-refractivity contribution in [2.75, 3.05) is 12.4 Å². The molecule has 15 heavy (non-hydrogen) atoms. The van der Waals surface area contributed by atoms with Gasteiger partial charge in [-0.2, -0.15) is 0 Å². The maximum Gasteiger partial charge on any atom is 0.130 e. The van der Waals surface area contributed by atoms with E-state index < -0.39 is 0 Å². The van der Waals surface area contributed by atoms with Crippen molar-refractivity contribution in [2.24, 2.45) is 5.73 Å². The van der Waals surface area contributed by atoms with Gasteiger partial charge in [0.25, 0.3) is 0 Å². The summed E-state index contributed by atoms with van der Waals surface area (Å²) in [6.45, 7) is 4.67. The SMILES string of the molecule is CCOc1cccc(SCC)c1C(N)=S. The molecule has 4 heteroatoms. The molecular weight excluding hydrogens is 226 g/mol. The van der Waals surface area contributed by atoms with E-state index in [9.17, 15) is 0 Å². The smallest absolute Gasteiger partial charge is 0.130 e. The lowest BCUT2D eigenvalue weighted by Crippen LogP contribution is -2.13. The quantitative estimate of drug-likeness (QED) is 0.635. The highest BCUT2D eigenvalue weighted by Gasteiger charge is 2.11. The Morgan fingerprint density at radius 2 is 2.20 bits per heavy atom. The number of rotatable bonds is 5. The van der Waals surface area contributed by atoms with Crippen molar-refractivity contribution >= 4 is 29.0 Å². The van der Waals surface area contributed by atoms with Gasteiger partial charge in [0.2, 0.25) is 0 Å². The van der Waals surface area contributed by atoms with Crippen molar-refractivity contribution < 1.29 is 4.74 Å². The molecule has 0 aliphatic rings. The Labute approximate surface area is 100 Å². The zero-order valence-corrected chi connectivity index (χ0v) is 10.6. The highest BCUT2D eigenvalue weighted by Crippen LogP contribution is 2.29. The highest BCUT2D eigenvalue weighted by atomic mass is 32.2. The summed E-state index contributed by atoms with van der Waals surface area (Å²) in [4.78, 5) is 1.49. The minimum Gasteiger partial charge on any atom is -0.493 e. The predicted molar refractivity (Wildman–Crippen MR) is 69.9 cm³/mol. The van der Waals surface area contributed by atoms with Gasteiger partial charge in [0.15, 0.2) is 0 Å². The Hall–Kier alpha value is -0.740. The van der Waals surface area contributed by atoms with Crippen molar-refractivity contribution in [2.45, 2.75) is 18.7 Å². The van der Waals surface area contributed by atoms with Crippen LogP contribution in [0.1, 0.15) is 19.4 Å². The van der Waals surface area contributed by atoms with E-state index in [4.69, 9.17) is 22.7 Å². The molecule has 0 spiro atoms. The van der Waals surface area contributed by atoms with Gasteiger partial charge in [0.1, 0.15) is 10.7 Å². The molecule has 1 rings (SSSR count). The molecule has 0 aromatic heterocycles. The second-order valence-corrected chi connectivity index (χ2v) is 4.61. The van der Waals surface area contributed by atoms with E-state index in [2.05, 4.69) is 6.92 Å². The van der Waals surface area contributed by atoms with Crippen molar-refractivity contribution in [3.05, 3.63) is 23.8 Å². The third-order valence-corrected chi connectivity index (χ3v) is 2.98. The van der Waals surface area contributed by atoms with Crippen LogP contribution in [-0.4, -0.2) is 17.3 Å². The van der Waals surface area contributed by atoms with Crippen LogP contribution in [-0.2, 0) is 0 Å². The molecule has 0 aliphatic heterocycles. The standard InChI is InChI=1S/C11H15NOS2/c1-3-13-8-6-5-7-9(15-4-2)10(8)11(12)14/h5-7H,3-4H2,1-2H3,(H2,12,14). The van der Waals surface area contributed by atoms with Gasteiger partial charge in [-0.1, -0.05) is 25.2 Å². The van der Waals surface area contributed by atoms with Crippen LogP contribution in [0, 0.1) is 0 Å². The molecule has 0 aliphatic carbocycles. The fraction of sp³-hybridized carbons (Fsp3) is 0.364. The van der Waals surface area contributed by atoms with E-state index in [1.54, 1.807) is 11.8 Å². The average Bonchev–Trinajstić information content (AvgIpc) is 2.18. The maximum absolute atomic E-state index is 5.71. The van der Waals surface area contributed by atoms with Crippen LogP contribution >= 0.6 is 24.0 Å². The second kappa shape index (κ2) is 5.98. The minimum absolute atomic E-state index is 0.398. The van der Waals surface area contributed by atoms with Crippen molar-refractivity contribution in [1.82, 2.24) is 0 Å². The first-order valence-electron chi connectivity index (χ1n) is 4.89. The van der Waals surface area contributed by atoms with Gasteiger partial charge in [-0.25, -0.2) is 0 Å². The molecule has 0 atom stereocenters. The minimum atomic E-state index is 0.398. The second-order valence-electron chi connectivity index (χ2n) is 2.86. The number of benzene rings is 1. The monoisotopic (exact) mass is 241 g/mol. The van der Waals surface area contributed by atoms with Crippen LogP contribution in [0.3, 0.4) is 0 Å². The van der Waals surface area contributed by atoms with E-state index >= 15 is 0 Å². The van der Waals surface area contributed by atoms with E-state index in [0.29, 0.717) is 11.6 Å². The molecule has 0 fully saturated rings. The van der Waals surface area contributed by atoms with Gasteiger partial charge in [-0.3, -0.25) is 0 Å². The number of thiocarbonyl (C=S) groups is 1. The van der Waals surface area contributed by atoms with Crippen molar-refractivity contribution in [3.63, 3.8) is 0 Å². The Morgan fingerprint density at radius 1 is 1.47 bits per heavy atom. The molecule has 1 aromatic rings. The van der Waals surface area contributed by atoms with Crippen LogP contribution in [0.15, 0.2) is 23.1 Å². The molecule has 0 radical (unpaired) electrons. The van der Waals surface area contributed by atoms with Gasteiger partial charge in [-0.15, -0.1) is 11.8 Å². The summed E-state index contributed by atoms with van der Waals surface area (Å²) in [6.07, 6.45) is 0. The third kappa shape index (κ3) is 3.11. The Balaban J connectivity index is 3.15. The molecule has 2 N–H and O–H groups in total. The van der Waals surface area contributed by atoms with Crippen LogP contribution in [0.4, 0.5) is 0 Å². The molecule has 82 valence electrons. The molecule has 2 nitrogen and oxygen atoms in total. The summed E-state index contributed by atoms with van der Waals surface area (Å²) in [7, 11) is 0. The lowest BCUT2D eigenvalue weighted by Gasteiger charge is -2.12. The van der Waals surface area contributed by atoms with Crippen molar-refractivity contribution in [1.29, 1.82) is 0 Å². The first kappa shape index (κ1) is 12.3. The topological polar surface area (TPSA) is 35.2 Å². The number of hydrogen-bond donors (Lipinski definition) is 1. The number of ether oxygens (including phenoxy) is 1. The molecule has 0 bridgehead atoms. The molecule has 0 heterocycles. The van der Waals surface area contributed by atoms with Crippen LogP contribution in [0.25, 0.3) is 0 Å². The third-order valence-electron chi connectivity index (χ3n) is 1.83. The van der Waals surface area contributed by atoms with Crippen LogP contribution in [0.2, 0.25) is 0 Å². The summed E-state index contributed by atoms with van der Waals surface area (Å²) in [5.74, 6) is 1.77. The van der Waals surface area contributed by atoms with Crippen LogP contribution in [0.5, 0.6) is 5.75 Å². The molecule has 0 unspecified atom stereocenters. The largest absolute Gasteiger partial charge is 0.493 e. The number of hydrogen-bond acceptors (Lipinski definition) is 3. The van der Waals surface area contributed by atoms with Gasteiger partial charge in [0.05, 0.1) is 12.2 Å². The lowest BCUT2D eigenvalue weighted by atomic mass is 10.2. The molecular formula is C11H15NOS2. The van der Waals surface area contributed by atoms with Gasteiger partial charge in [0, 0.05) is 4.90 Å². The zero-order valence-electron chi connectivity index (χ0n) is 8.95. The Kier molecular flexibility index (Phi) is 4.91. The number of thioether (sulfide) groups is 1. The van der Waals surface area contributed by atoms with E-state index in [1.807, 2.05) is 25.1 Å². The zero-order chi connectivity index (χ0) is 11.3. The van der Waals surface area contributed by atoms with Gasteiger partial charge >= 0.3 is 0 Å². The number of nitrogens with two attached hydrogens (primary N) is 1. The Morgan fingerprint density at radius 3 is 2.73 bits per heavy atom. The molecule has 0 saturated heterocycles. The van der Waals surface area contributed by atoms with Crippen LogP contribution < -0.4 is 10.5 Å². The van der Waals surface area contributed by atoms with Crippen molar-refractivity contribution in [3.8, 4) is 5.75 Å². The summed E-state index contributed by atoms with van der Waals surface area (Å²) in [5.41, 5.74) is 6.58. The molecule has 0 saturated carbocycles.